The van der Waals surface area contributed by atoms with Gasteiger partial charge in [0, 0.05) is 0 Å². The molecule has 0 aliphatic rings. The Hall–Kier alpha value is 0.949. The van der Waals surface area contributed by atoms with E-state index in [1.807, 2.05) is 0 Å². The van der Waals surface area contributed by atoms with E-state index >= 15 is 0 Å². The summed E-state index contributed by atoms with van der Waals surface area (Å²) in [4.78, 5) is 0. The van der Waals surface area contributed by atoms with Crippen LogP contribution >= 0.6 is 7.92 Å². The fraction of sp³-hybridized carbons (Fsp3) is 1.00. The van der Waals surface area contributed by atoms with Gasteiger partial charge in [0.25, 0.3) is 0 Å². The summed E-state index contributed by atoms with van der Waals surface area (Å²) in [5.41, 5.74) is 0. The second kappa shape index (κ2) is 25.9. The Morgan fingerprint density at radius 3 is 0.846 bits per heavy atom. The first kappa shape index (κ1) is 29.2. The number of rotatable bonds is 21. The summed E-state index contributed by atoms with van der Waals surface area (Å²) in [6, 6.07) is 0. The van der Waals surface area contributed by atoms with Crippen LogP contribution in [0.1, 0.15) is 136 Å². The number of hydrogen-bond acceptors (Lipinski definition) is 0. The van der Waals surface area contributed by atoms with Crippen molar-refractivity contribution in [3.8, 4) is 0 Å². The average Bonchev–Trinajstić information content (AvgIpc) is 2.63. The van der Waals surface area contributed by atoms with Crippen LogP contribution < -0.4 is 0 Å². The Balaban J connectivity index is 0. The molecule has 0 amide bonds. The van der Waals surface area contributed by atoms with Gasteiger partial charge < -0.3 is 0 Å². The molecule has 0 spiro atoms. The molecule has 0 aliphatic carbocycles. The second-order valence-electron chi connectivity index (χ2n) is 8.14. The molecule has 0 saturated heterocycles. The van der Waals surface area contributed by atoms with Crippen LogP contribution in [-0.2, 0) is 0 Å². The Morgan fingerprint density at radius 1 is 0.346 bits per heavy atom. The van der Waals surface area contributed by atoms with Gasteiger partial charge >= 0.3 is 17.1 Å². The third-order valence-electron chi connectivity index (χ3n) is 5.48. The third-order valence-corrected chi connectivity index (χ3v) is 8.33. The molecule has 2 heteroatoms. The molecule has 0 N–H and O–H groups in total. The van der Waals surface area contributed by atoms with Gasteiger partial charge in [0.15, 0.2) is 0 Å². The molecule has 0 radical (unpaired) electrons. The molecule has 0 saturated carbocycles. The zero-order valence-electron chi connectivity index (χ0n) is 18.8. The monoisotopic (exact) mass is 452 g/mol. The van der Waals surface area contributed by atoms with Crippen LogP contribution in [0.25, 0.3) is 0 Å². The van der Waals surface area contributed by atoms with E-state index in [0.717, 1.165) is 0 Å². The number of hydrogen-bond donors (Lipinski definition) is 0. The van der Waals surface area contributed by atoms with E-state index in [1.165, 1.54) is 116 Å². The average molecular weight is 452 g/mol. The van der Waals surface area contributed by atoms with Crippen molar-refractivity contribution in [3.05, 3.63) is 0 Å². The Bertz CT molecular complexity index is 194. The molecule has 0 fully saturated rings. The van der Waals surface area contributed by atoms with E-state index in [9.17, 15) is 0 Å². The van der Waals surface area contributed by atoms with Crippen molar-refractivity contribution in [2.75, 3.05) is 18.5 Å². The molecule has 0 rings (SSSR count). The van der Waals surface area contributed by atoms with Crippen LogP contribution in [0.4, 0.5) is 0 Å². The summed E-state index contributed by atoms with van der Waals surface area (Å²) >= 11 is 0. The fourth-order valence-electron chi connectivity index (χ4n) is 3.68. The molecule has 0 bridgehead atoms. The van der Waals surface area contributed by atoms with Crippen molar-refractivity contribution >= 4 is 25.0 Å². The first-order valence-corrected chi connectivity index (χ1v) is 14.0. The van der Waals surface area contributed by atoms with Crippen LogP contribution in [0.15, 0.2) is 0 Å². The maximum absolute atomic E-state index is 2.32. The third kappa shape index (κ3) is 23.0. The van der Waals surface area contributed by atoms with Crippen molar-refractivity contribution in [1.29, 1.82) is 0 Å². The first-order valence-electron chi connectivity index (χ1n) is 12.1. The van der Waals surface area contributed by atoms with Crippen molar-refractivity contribution in [3.63, 3.8) is 0 Å². The summed E-state index contributed by atoms with van der Waals surface area (Å²) in [5, 5.41) is 0. The van der Waals surface area contributed by atoms with E-state index in [4.69, 9.17) is 0 Å². The van der Waals surface area contributed by atoms with Gasteiger partial charge in [-0.05, 0) is 37.7 Å². The zero-order chi connectivity index (χ0) is 18.4. The van der Waals surface area contributed by atoms with Crippen LogP contribution in [0, 0.1) is 0 Å². The van der Waals surface area contributed by atoms with E-state index in [1.54, 1.807) is 18.5 Å². The molecule has 0 atom stereocenters. The summed E-state index contributed by atoms with van der Waals surface area (Å²) < 4.78 is 0. The Labute approximate surface area is 179 Å². The van der Waals surface area contributed by atoms with Gasteiger partial charge in [-0.25, -0.2) is 0 Å². The minimum atomic E-state index is 0. The normalized spacial score (nSPS) is 11.1. The molecule has 0 aliphatic heterocycles. The first-order chi connectivity index (χ1) is 12.3. The van der Waals surface area contributed by atoms with E-state index in [-0.39, 0.29) is 17.1 Å². The fourth-order valence-corrected chi connectivity index (χ4v) is 6.37. The molecular formula is C24H53PSe. The quantitative estimate of drug-likeness (QED) is 0.0930. The molecule has 0 aromatic rings. The van der Waals surface area contributed by atoms with Gasteiger partial charge in [-0.15, -0.1) is 7.92 Å². The van der Waals surface area contributed by atoms with Gasteiger partial charge in [-0.2, -0.15) is 0 Å². The molecule has 0 aromatic carbocycles. The van der Waals surface area contributed by atoms with Gasteiger partial charge in [0.2, 0.25) is 0 Å². The van der Waals surface area contributed by atoms with Crippen molar-refractivity contribution < 1.29 is 0 Å². The number of unbranched alkanes of at least 4 members (excludes halogenated alkanes) is 15. The Morgan fingerprint density at radius 2 is 0.577 bits per heavy atom. The molecule has 26 heavy (non-hydrogen) atoms. The van der Waals surface area contributed by atoms with Crippen molar-refractivity contribution in [2.45, 2.75) is 136 Å². The summed E-state index contributed by atoms with van der Waals surface area (Å²) in [6.45, 7) is 6.96. The second-order valence-corrected chi connectivity index (χ2v) is 10.8. The molecule has 0 aromatic heterocycles. The molecular weight excluding hydrogens is 398 g/mol. The molecule has 0 heterocycles. The van der Waals surface area contributed by atoms with Gasteiger partial charge in [0.1, 0.15) is 0 Å². The van der Waals surface area contributed by atoms with Crippen molar-refractivity contribution in [2.24, 2.45) is 0 Å². The standard InChI is InChI=1S/C24H51P.H2Se/c1-4-7-10-13-16-19-22-25(23-20-17-14-11-8-5-2)24-21-18-15-12-9-6-3;/h4-24H2,1-3H3;1H2. The summed E-state index contributed by atoms with van der Waals surface area (Å²) in [5.74, 6) is 0. The Kier molecular flexibility index (Phi) is 29.1. The van der Waals surface area contributed by atoms with E-state index < -0.39 is 0 Å². The van der Waals surface area contributed by atoms with Gasteiger partial charge in [-0.1, -0.05) is 117 Å². The molecule has 0 unspecified atom stereocenters. The predicted octanol–water partition coefficient (Wildman–Crippen LogP) is 8.63. The maximum atomic E-state index is 2.32. The molecule has 160 valence electrons. The van der Waals surface area contributed by atoms with Crippen LogP contribution in [0.5, 0.6) is 0 Å². The summed E-state index contributed by atoms with van der Waals surface area (Å²) in [6.07, 6.45) is 31.2. The SMILES string of the molecule is CCCCCCCCP(CCCCCCCC)CCCCCCCC.[SeH2]. The van der Waals surface area contributed by atoms with Crippen LogP contribution in [0.2, 0.25) is 0 Å². The van der Waals surface area contributed by atoms with Crippen molar-refractivity contribution in [1.82, 2.24) is 0 Å². The van der Waals surface area contributed by atoms with E-state index in [0.29, 0.717) is 7.92 Å². The van der Waals surface area contributed by atoms with Crippen LogP contribution in [-0.4, -0.2) is 35.6 Å². The molecule has 0 nitrogen and oxygen atoms in total. The topological polar surface area (TPSA) is 0 Å². The van der Waals surface area contributed by atoms with E-state index in [2.05, 4.69) is 20.8 Å². The predicted molar refractivity (Wildman–Crippen MR) is 130 cm³/mol. The summed E-state index contributed by atoms with van der Waals surface area (Å²) in [7, 11) is 0.366. The minimum absolute atomic E-state index is 0. The van der Waals surface area contributed by atoms with Gasteiger partial charge in [0.05, 0.1) is 0 Å². The van der Waals surface area contributed by atoms with Crippen LogP contribution in [0.3, 0.4) is 0 Å². The zero-order valence-corrected chi connectivity index (χ0v) is 21.8. The van der Waals surface area contributed by atoms with Gasteiger partial charge in [-0.3, -0.25) is 0 Å².